The van der Waals surface area contributed by atoms with Gasteiger partial charge in [-0.25, -0.2) is 13.2 Å². The van der Waals surface area contributed by atoms with E-state index in [0.29, 0.717) is 17.6 Å². The van der Waals surface area contributed by atoms with Crippen LogP contribution in [-0.2, 0) is 19.4 Å². The maximum absolute atomic E-state index is 12.6. The predicted octanol–water partition coefficient (Wildman–Crippen LogP) is 2.08. The fourth-order valence-electron chi connectivity index (χ4n) is 3.69. The molecule has 0 unspecified atom stereocenters. The average Bonchev–Trinajstić information content (AvgIpc) is 3.32. The van der Waals surface area contributed by atoms with Crippen LogP contribution in [0.2, 0.25) is 0 Å². The molecule has 2 fully saturated rings. The molecule has 1 saturated carbocycles. The van der Waals surface area contributed by atoms with E-state index in [1.807, 2.05) is 18.2 Å². The van der Waals surface area contributed by atoms with Crippen LogP contribution in [0.5, 0.6) is 0 Å². The molecular weight excluding hydrogens is 370 g/mol. The topological polar surface area (TPSA) is 93.9 Å². The lowest BCUT2D eigenvalue weighted by Crippen LogP contribution is -2.44. The molecule has 0 bridgehead atoms. The van der Waals surface area contributed by atoms with Crippen LogP contribution in [0.4, 0.5) is 0 Å². The minimum Gasteiger partial charge on any atom is -0.450 e. The Morgan fingerprint density at radius 2 is 1.93 bits per heavy atom. The first-order chi connectivity index (χ1) is 12.9. The van der Waals surface area contributed by atoms with Gasteiger partial charge in [0.15, 0.2) is 16.4 Å². The number of aryl methyl sites for hydroxylation is 1. The molecule has 1 amide bonds. The van der Waals surface area contributed by atoms with Crippen molar-refractivity contribution in [2.45, 2.75) is 38.3 Å². The Balaban J connectivity index is 1.44. The van der Waals surface area contributed by atoms with Crippen LogP contribution < -0.4 is 0 Å². The van der Waals surface area contributed by atoms with Crippen molar-refractivity contribution < 1.29 is 27.2 Å². The minimum atomic E-state index is -3.09. The van der Waals surface area contributed by atoms with Crippen molar-refractivity contribution in [3.05, 3.63) is 35.6 Å². The van der Waals surface area contributed by atoms with E-state index in [4.69, 9.17) is 9.15 Å². The van der Waals surface area contributed by atoms with Gasteiger partial charge in [-0.2, -0.15) is 0 Å². The number of rotatable bonds is 5. The maximum atomic E-state index is 12.6. The van der Waals surface area contributed by atoms with E-state index in [1.54, 1.807) is 17.9 Å². The van der Waals surface area contributed by atoms with Gasteiger partial charge in [-0.3, -0.25) is 4.79 Å². The van der Waals surface area contributed by atoms with Crippen LogP contribution in [-0.4, -0.2) is 55.4 Å². The average molecular weight is 391 g/mol. The quantitative estimate of drug-likeness (QED) is 0.725. The molecule has 1 saturated heterocycles. The summed E-state index contributed by atoms with van der Waals surface area (Å²) in [7, 11) is -3.09. The van der Waals surface area contributed by atoms with Crippen molar-refractivity contribution in [3.63, 3.8) is 0 Å². The van der Waals surface area contributed by atoms with E-state index in [2.05, 4.69) is 0 Å². The first kappa shape index (κ1) is 18.0. The van der Waals surface area contributed by atoms with Gasteiger partial charge in [0.05, 0.1) is 11.5 Å². The lowest BCUT2D eigenvalue weighted by Gasteiger charge is -2.28. The fourth-order valence-corrected chi connectivity index (χ4v) is 5.40. The van der Waals surface area contributed by atoms with Crippen LogP contribution >= 0.6 is 0 Å². The number of para-hydroxylation sites is 1. The smallest absolute Gasteiger partial charge is 0.375 e. The number of amides is 1. The highest BCUT2D eigenvalue weighted by Gasteiger charge is 2.42. The second-order valence-electron chi connectivity index (χ2n) is 7.22. The number of benzene rings is 1. The van der Waals surface area contributed by atoms with E-state index in [1.165, 1.54) is 0 Å². The second-order valence-corrected chi connectivity index (χ2v) is 9.45. The van der Waals surface area contributed by atoms with Crippen molar-refractivity contribution in [2.75, 3.05) is 18.1 Å². The summed E-state index contributed by atoms with van der Waals surface area (Å²) >= 11 is 0. The normalized spacial score (nSPS) is 21.3. The molecule has 7 nitrogen and oxygen atoms in total. The fraction of sp³-hybridized carbons (Fsp3) is 0.474. The number of carbonyl (C=O) groups is 2. The van der Waals surface area contributed by atoms with Crippen molar-refractivity contribution in [1.29, 1.82) is 0 Å². The SMILES string of the molecule is Cc1c(C(=O)OCC(=O)N(C2CC2)[C@H]2CCS(=O)(=O)C2)oc2ccccc12. The molecule has 8 heteroatoms. The maximum Gasteiger partial charge on any atom is 0.375 e. The predicted molar refractivity (Wildman–Crippen MR) is 98.2 cm³/mol. The zero-order valence-corrected chi connectivity index (χ0v) is 15.8. The number of fused-ring (bicyclic) bond motifs is 1. The Morgan fingerprint density at radius 3 is 2.56 bits per heavy atom. The van der Waals surface area contributed by atoms with Crippen molar-refractivity contribution in [1.82, 2.24) is 4.90 Å². The van der Waals surface area contributed by atoms with E-state index in [-0.39, 0.29) is 35.3 Å². The summed E-state index contributed by atoms with van der Waals surface area (Å²) in [6, 6.07) is 7.02. The highest BCUT2D eigenvalue weighted by atomic mass is 32.2. The molecule has 1 aliphatic carbocycles. The van der Waals surface area contributed by atoms with Crippen LogP contribution in [0.15, 0.2) is 28.7 Å². The molecule has 0 radical (unpaired) electrons. The molecule has 2 aromatic rings. The van der Waals surface area contributed by atoms with Gasteiger partial charge in [-0.05, 0) is 32.3 Å². The molecule has 1 aliphatic heterocycles. The summed E-state index contributed by atoms with van der Waals surface area (Å²) in [6.07, 6.45) is 2.17. The molecule has 2 aliphatic rings. The Bertz CT molecular complexity index is 1000. The number of carbonyl (C=O) groups excluding carboxylic acids is 2. The van der Waals surface area contributed by atoms with E-state index >= 15 is 0 Å². The number of hydrogen-bond donors (Lipinski definition) is 0. The summed E-state index contributed by atoms with van der Waals surface area (Å²) in [5.74, 6) is -0.850. The number of esters is 1. The molecule has 1 aromatic carbocycles. The van der Waals surface area contributed by atoms with Gasteiger partial charge in [-0.15, -0.1) is 0 Å². The largest absolute Gasteiger partial charge is 0.450 e. The van der Waals surface area contributed by atoms with Crippen molar-refractivity contribution in [2.24, 2.45) is 0 Å². The first-order valence-electron chi connectivity index (χ1n) is 9.02. The second kappa shape index (κ2) is 6.67. The van der Waals surface area contributed by atoms with Gasteiger partial charge < -0.3 is 14.1 Å². The standard InChI is InChI=1S/C19H21NO6S/c1-12-15-4-2-3-5-16(15)26-18(12)19(22)25-10-17(21)20(13-6-7-13)14-8-9-27(23,24)11-14/h2-5,13-14H,6-11H2,1H3/t14-/m0/s1. The Morgan fingerprint density at radius 1 is 1.19 bits per heavy atom. The van der Waals surface area contributed by atoms with Crippen LogP contribution in [0.25, 0.3) is 11.0 Å². The molecule has 144 valence electrons. The third-order valence-electron chi connectivity index (χ3n) is 5.19. The summed E-state index contributed by atoms with van der Waals surface area (Å²) in [5, 5.41) is 0.826. The lowest BCUT2D eigenvalue weighted by molar-refractivity contribution is -0.137. The lowest BCUT2D eigenvalue weighted by atomic mass is 10.1. The van der Waals surface area contributed by atoms with E-state index in [0.717, 1.165) is 18.2 Å². The van der Waals surface area contributed by atoms with Crippen molar-refractivity contribution >= 4 is 32.7 Å². The van der Waals surface area contributed by atoms with Gasteiger partial charge in [0.2, 0.25) is 5.76 Å². The number of sulfone groups is 1. The number of ether oxygens (including phenoxy) is 1. The summed E-state index contributed by atoms with van der Waals surface area (Å²) in [5.41, 5.74) is 1.26. The van der Waals surface area contributed by atoms with Gasteiger partial charge in [0.1, 0.15) is 5.58 Å². The number of nitrogens with zero attached hydrogens (tertiary/aromatic N) is 1. The van der Waals surface area contributed by atoms with E-state index < -0.39 is 22.4 Å². The monoisotopic (exact) mass is 391 g/mol. The van der Waals surface area contributed by atoms with Crippen LogP contribution in [0, 0.1) is 6.92 Å². The molecule has 4 rings (SSSR count). The van der Waals surface area contributed by atoms with E-state index in [9.17, 15) is 18.0 Å². The Kier molecular flexibility index (Phi) is 4.46. The third-order valence-corrected chi connectivity index (χ3v) is 6.94. The molecule has 27 heavy (non-hydrogen) atoms. The van der Waals surface area contributed by atoms with Gasteiger partial charge in [0.25, 0.3) is 5.91 Å². The summed E-state index contributed by atoms with van der Waals surface area (Å²) < 4.78 is 34.3. The molecule has 2 heterocycles. The third kappa shape index (κ3) is 3.58. The molecule has 1 aromatic heterocycles. The van der Waals surface area contributed by atoms with Crippen LogP contribution in [0.3, 0.4) is 0 Å². The molecule has 1 atom stereocenters. The highest BCUT2D eigenvalue weighted by molar-refractivity contribution is 7.91. The van der Waals surface area contributed by atoms with Gasteiger partial charge in [0, 0.05) is 23.0 Å². The Hall–Kier alpha value is -2.35. The zero-order chi connectivity index (χ0) is 19.2. The number of hydrogen-bond acceptors (Lipinski definition) is 6. The first-order valence-corrected chi connectivity index (χ1v) is 10.8. The van der Waals surface area contributed by atoms with Gasteiger partial charge >= 0.3 is 5.97 Å². The Labute approximate surface area is 157 Å². The summed E-state index contributed by atoms with van der Waals surface area (Å²) in [4.78, 5) is 26.6. The molecular formula is C19H21NO6S. The number of furan rings is 1. The minimum absolute atomic E-state index is 0.00807. The van der Waals surface area contributed by atoms with Gasteiger partial charge in [-0.1, -0.05) is 18.2 Å². The molecule has 0 spiro atoms. The highest BCUT2D eigenvalue weighted by Crippen LogP contribution is 2.32. The molecule has 0 N–H and O–H groups in total. The summed E-state index contributed by atoms with van der Waals surface area (Å²) in [6.45, 7) is 1.35. The van der Waals surface area contributed by atoms with Crippen molar-refractivity contribution in [3.8, 4) is 0 Å². The zero-order valence-electron chi connectivity index (χ0n) is 15.0. The van der Waals surface area contributed by atoms with Crippen LogP contribution in [0.1, 0.15) is 35.4 Å².